The molecule has 1 unspecified atom stereocenters. The number of amides is 1. The van der Waals surface area contributed by atoms with Crippen LogP contribution in [0.4, 0.5) is 0 Å². The van der Waals surface area contributed by atoms with E-state index in [1.807, 2.05) is 23.9 Å². The predicted molar refractivity (Wildman–Crippen MR) is 77.4 cm³/mol. The topological polar surface area (TPSA) is 59.8 Å². The lowest BCUT2D eigenvalue weighted by Gasteiger charge is -2.16. The van der Waals surface area contributed by atoms with E-state index in [0.29, 0.717) is 12.3 Å². The van der Waals surface area contributed by atoms with Crippen molar-refractivity contribution in [3.05, 3.63) is 34.3 Å². The van der Waals surface area contributed by atoms with Crippen molar-refractivity contribution in [2.45, 2.75) is 32.2 Å². The number of nitrogens with zero attached hydrogens (tertiary/aromatic N) is 3. The van der Waals surface area contributed by atoms with Crippen molar-refractivity contribution < 1.29 is 4.79 Å². The van der Waals surface area contributed by atoms with Crippen molar-refractivity contribution in [2.75, 3.05) is 0 Å². The van der Waals surface area contributed by atoms with E-state index in [-0.39, 0.29) is 11.9 Å². The van der Waals surface area contributed by atoms with Crippen LogP contribution < -0.4 is 5.32 Å². The summed E-state index contributed by atoms with van der Waals surface area (Å²) in [6.45, 7) is 1.99. The number of rotatable bonds is 5. The maximum absolute atomic E-state index is 12.2. The van der Waals surface area contributed by atoms with Gasteiger partial charge in [0.15, 0.2) is 0 Å². The number of hydrogen-bond acceptors (Lipinski definition) is 4. The molecule has 1 aliphatic carbocycles. The van der Waals surface area contributed by atoms with E-state index in [1.54, 1.807) is 23.9 Å². The third-order valence-electron chi connectivity index (χ3n) is 3.57. The van der Waals surface area contributed by atoms with Crippen LogP contribution in [0.5, 0.6) is 0 Å². The zero-order valence-electron chi connectivity index (χ0n) is 11.7. The molecule has 1 saturated carbocycles. The average molecular weight is 290 g/mol. The quantitative estimate of drug-likeness (QED) is 0.916. The van der Waals surface area contributed by atoms with E-state index in [1.165, 1.54) is 12.8 Å². The summed E-state index contributed by atoms with van der Waals surface area (Å²) in [5, 5.41) is 6.21. The minimum Gasteiger partial charge on any atom is -0.346 e. The van der Waals surface area contributed by atoms with Gasteiger partial charge in [0.1, 0.15) is 5.01 Å². The molecule has 2 aromatic heterocycles. The van der Waals surface area contributed by atoms with Gasteiger partial charge in [-0.1, -0.05) is 0 Å². The number of aromatic nitrogens is 3. The zero-order chi connectivity index (χ0) is 14.1. The molecular formula is C14H18N4OS. The fourth-order valence-corrected chi connectivity index (χ4v) is 3.21. The highest BCUT2D eigenvalue weighted by Crippen LogP contribution is 2.41. The standard InChI is InChI=1S/C14H18N4OS/c1-9-7-20-14(16-9)13(10-3-4-10)17-12(19)5-11-6-15-8-18(11)2/h6-8,10,13H,3-5H2,1-2H3,(H,17,19). The molecule has 106 valence electrons. The molecule has 0 spiro atoms. The van der Waals surface area contributed by atoms with Crippen LogP contribution in [0.15, 0.2) is 17.9 Å². The number of aryl methyl sites for hydroxylation is 2. The highest BCUT2D eigenvalue weighted by Gasteiger charge is 2.35. The van der Waals surface area contributed by atoms with Crippen LogP contribution in [-0.2, 0) is 18.3 Å². The van der Waals surface area contributed by atoms with E-state index in [0.717, 1.165) is 16.4 Å². The van der Waals surface area contributed by atoms with Gasteiger partial charge in [-0.05, 0) is 25.7 Å². The third kappa shape index (κ3) is 2.90. The van der Waals surface area contributed by atoms with Crippen molar-refractivity contribution in [3.8, 4) is 0 Å². The van der Waals surface area contributed by atoms with Gasteiger partial charge in [0.25, 0.3) is 0 Å². The van der Waals surface area contributed by atoms with Crippen molar-refractivity contribution >= 4 is 17.2 Å². The molecule has 0 bridgehead atoms. The van der Waals surface area contributed by atoms with Crippen molar-refractivity contribution in [1.29, 1.82) is 0 Å². The molecule has 20 heavy (non-hydrogen) atoms. The fraction of sp³-hybridized carbons (Fsp3) is 0.500. The maximum atomic E-state index is 12.2. The second-order valence-corrected chi connectivity index (χ2v) is 6.27. The Balaban J connectivity index is 1.68. The van der Waals surface area contributed by atoms with Crippen LogP contribution in [0.25, 0.3) is 0 Å². The monoisotopic (exact) mass is 290 g/mol. The smallest absolute Gasteiger partial charge is 0.226 e. The van der Waals surface area contributed by atoms with Crippen LogP contribution in [0.1, 0.15) is 35.3 Å². The Labute approximate surface area is 122 Å². The summed E-state index contributed by atoms with van der Waals surface area (Å²) in [7, 11) is 1.90. The molecule has 3 rings (SSSR count). The van der Waals surface area contributed by atoms with Crippen LogP contribution >= 0.6 is 11.3 Å². The number of carbonyl (C=O) groups excluding carboxylic acids is 1. The van der Waals surface area contributed by atoms with Gasteiger partial charge in [0, 0.05) is 30.0 Å². The van der Waals surface area contributed by atoms with Crippen LogP contribution in [0.2, 0.25) is 0 Å². The summed E-state index contributed by atoms with van der Waals surface area (Å²) in [5.41, 5.74) is 1.95. The maximum Gasteiger partial charge on any atom is 0.226 e. The van der Waals surface area contributed by atoms with Crippen molar-refractivity contribution in [2.24, 2.45) is 13.0 Å². The molecule has 0 saturated heterocycles. The Bertz CT molecular complexity index is 614. The molecule has 2 aromatic rings. The summed E-state index contributed by atoms with van der Waals surface area (Å²) < 4.78 is 1.87. The van der Waals surface area contributed by atoms with E-state index in [9.17, 15) is 4.79 Å². The first-order chi connectivity index (χ1) is 9.63. The van der Waals surface area contributed by atoms with Crippen LogP contribution in [-0.4, -0.2) is 20.4 Å². The van der Waals surface area contributed by atoms with Gasteiger partial charge in [0.2, 0.25) is 5.91 Å². The summed E-state index contributed by atoms with van der Waals surface area (Å²) in [6.07, 6.45) is 6.17. The van der Waals surface area contributed by atoms with Crippen LogP contribution in [0.3, 0.4) is 0 Å². The van der Waals surface area contributed by atoms with Gasteiger partial charge in [0.05, 0.1) is 18.8 Å². The zero-order valence-corrected chi connectivity index (χ0v) is 12.5. The first-order valence-electron chi connectivity index (χ1n) is 6.80. The average Bonchev–Trinajstić information content (AvgIpc) is 3.05. The third-order valence-corrected chi connectivity index (χ3v) is 4.62. The second kappa shape index (κ2) is 5.36. The summed E-state index contributed by atoms with van der Waals surface area (Å²) in [6, 6.07) is 0.0782. The largest absolute Gasteiger partial charge is 0.346 e. The number of imidazole rings is 1. The van der Waals surface area contributed by atoms with Crippen molar-refractivity contribution in [1.82, 2.24) is 19.9 Å². The Hall–Kier alpha value is -1.69. The van der Waals surface area contributed by atoms with Gasteiger partial charge in [-0.3, -0.25) is 4.79 Å². The van der Waals surface area contributed by atoms with E-state index < -0.39 is 0 Å². The second-order valence-electron chi connectivity index (χ2n) is 5.38. The van der Waals surface area contributed by atoms with Crippen molar-refractivity contribution in [3.63, 3.8) is 0 Å². The number of nitrogens with one attached hydrogen (secondary N) is 1. The van der Waals surface area contributed by atoms with E-state index in [2.05, 4.69) is 15.3 Å². The minimum atomic E-state index is 0.0401. The SMILES string of the molecule is Cc1csc(C(NC(=O)Cc2cncn2C)C2CC2)n1. The molecule has 2 heterocycles. The first-order valence-corrected chi connectivity index (χ1v) is 7.68. The predicted octanol–water partition coefficient (Wildman–Crippen LogP) is 2.00. The molecule has 1 fully saturated rings. The Kier molecular flexibility index (Phi) is 3.56. The molecular weight excluding hydrogens is 272 g/mol. The lowest BCUT2D eigenvalue weighted by Crippen LogP contribution is -2.31. The molecule has 1 N–H and O–H groups in total. The van der Waals surface area contributed by atoms with Gasteiger partial charge in [-0.25, -0.2) is 9.97 Å². The molecule has 1 aliphatic rings. The Morgan fingerprint density at radius 3 is 2.95 bits per heavy atom. The van der Waals surface area contributed by atoms with Gasteiger partial charge < -0.3 is 9.88 Å². The van der Waals surface area contributed by atoms with Gasteiger partial charge in [-0.2, -0.15) is 0 Å². The fourth-order valence-electron chi connectivity index (χ4n) is 2.27. The molecule has 5 nitrogen and oxygen atoms in total. The Morgan fingerprint density at radius 1 is 1.60 bits per heavy atom. The number of thiazole rings is 1. The molecule has 1 amide bonds. The lowest BCUT2D eigenvalue weighted by molar-refractivity contribution is -0.121. The summed E-state index contributed by atoms with van der Waals surface area (Å²) >= 11 is 1.64. The van der Waals surface area contributed by atoms with Gasteiger partial charge >= 0.3 is 0 Å². The molecule has 0 aromatic carbocycles. The molecule has 6 heteroatoms. The van der Waals surface area contributed by atoms with Crippen LogP contribution in [0, 0.1) is 12.8 Å². The summed E-state index contributed by atoms with van der Waals surface area (Å²) in [4.78, 5) is 20.8. The highest BCUT2D eigenvalue weighted by molar-refractivity contribution is 7.09. The first kappa shape index (κ1) is 13.3. The normalized spacial score (nSPS) is 16.1. The lowest BCUT2D eigenvalue weighted by atomic mass is 10.2. The number of carbonyl (C=O) groups is 1. The Morgan fingerprint density at radius 2 is 2.40 bits per heavy atom. The number of hydrogen-bond donors (Lipinski definition) is 1. The minimum absolute atomic E-state index is 0.0401. The molecule has 0 aliphatic heterocycles. The highest BCUT2D eigenvalue weighted by atomic mass is 32.1. The molecule has 1 atom stereocenters. The summed E-state index contributed by atoms with van der Waals surface area (Å²) in [5.74, 6) is 0.592. The van der Waals surface area contributed by atoms with Gasteiger partial charge in [-0.15, -0.1) is 11.3 Å². The van der Waals surface area contributed by atoms with E-state index in [4.69, 9.17) is 0 Å². The van der Waals surface area contributed by atoms with E-state index >= 15 is 0 Å². The molecule has 0 radical (unpaired) electrons.